The average molecular weight is 304 g/mol. The number of carbonyl (C=O) groups excluding carboxylic acids is 1. The van der Waals surface area contributed by atoms with Crippen molar-refractivity contribution in [2.24, 2.45) is 0 Å². The van der Waals surface area contributed by atoms with Crippen LogP contribution in [0.25, 0.3) is 10.9 Å². The Hall–Kier alpha value is -2.68. The third-order valence-corrected chi connectivity index (χ3v) is 3.77. The van der Waals surface area contributed by atoms with E-state index in [1.165, 1.54) is 0 Å². The number of nitrogens with one attached hydrogen (secondary N) is 1. The molecule has 0 saturated carbocycles. The van der Waals surface area contributed by atoms with E-state index in [-0.39, 0.29) is 11.3 Å². The van der Waals surface area contributed by atoms with Crippen LogP contribution in [-0.2, 0) is 5.41 Å². The van der Waals surface area contributed by atoms with Crippen LogP contribution in [0.3, 0.4) is 0 Å². The predicted octanol–water partition coefficient (Wildman–Crippen LogP) is 4.78. The van der Waals surface area contributed by atoms with Gasteiger partial charge in [0.2, 0.25) is 0 Å². The molecule has 1 aromatic heterocycles. The predicted molar refractivity (Wildman–Crippen MR) is 94.8 cm³/mol. The number of para-hydroxylation sites is 1. The van der Waals surface area contributed by atoms with Crippen LogP contribution >= 0.6 is 0 Å². The maximum absolute atomic E-state index is 12.4. The van der Waals surface area contributed by atoms with Crippen molar-refractivity contribution in [1.82, 2.24) is 4.98 Å². The van der Waals surface area contributed by atoms with Crippen LogP contribution in [-0.4, -0.2) is 10.9 Å². The monoisotopic (exact) mass is 304 g/mol. The minimum Gasteiger partial charge on any atom is -0.320 e. The Morgan fingerprint density at radius 1 is 0.913 bits per heavy atom. The molecule has 0 atom stereocenters. The molecular weight excluding hydrogens is 284 g/mol. The SMILES string of the molecule is CC(C)(C)c1ccc2cccc(NC(=O)c3ccccc3)c2n1. The van der Waals surface area contributed by atoms with E-state index in [1.807, 2.05) is 42.5 Å². The molecule has 0 saturated heterocycles. The van der Waals surface area contributed by atoms with Crippen molar-refractivity contribution in [3.05, 3.63) is 71.9 Å². The third kappa shape index (κ3) is 3.24. The summed E-state index contributed by atoms with van der Waals surface area (Å²) in [6, 6.07) is 19.1. The summed E-state index contributed by atoms with van der Waals surface area (Å²) < 4.78 is 0. The van der Waals surface area contributed by atoms with Crippen molar-refractivity contribution in [2.75, 3.05) is 5.32 Å². The van der Waals surface area contributed by atoms with Crippen LogP contribution in [0.2, 0.25) is 0 Å². The number of rotatable bonds is 2. The van der Waals surface area contributed by atoms with E-state index in [4.69, 9.17) is 4.98 Å². The first-order chi connectivity index (χ1) is 10.9. The maximum atomic E-state index is 12.4. The molecule has 3 rings (SSSR count). The third-order valence-electron chi connectivity index (χ3n) is 3.77. The Bertz CT molecular complexity index is 848. The van der Waals surface area contributed by atoms with Gasteiger partial charge >= 0.3 is 0 Å². The number of hydrogen-bond acceptors (Lipinski definition) is 2. The topological polar surface area (TPSA) is 42.0 Å². The number of nitrogens with zero attached hydrogens (tertiary/aromatic N) is 1. The van der Waals surface area contributed by atoms with Crippen molar-refractivity contribution in [1.29, 1.82) is 0 Å². The molecule has 0 spiro atoms. The zero-order valence-electron chi connectivity index (χ0n) is 13.6. The first kappa shape index (κ1) is 15.2. The lowest BCUT2D eigenvalue weighted by atomic mass is 9.91. The van der Waals surface area contributed by atoms with Crippen molar-refractivity contribution in [3.63, 3.8) is 0 Å². The van der Waals surface area contributed by atoms with Gasteiger partial charge in [-0.1, -0.05) is 57.2 Å². The van der Waals surface area contributed by atoms with Gasteiger partial charge in [0.1, 0.15) is 0 Å². The Morgan fingerprint density at radius 3 is 2.35 bits per heavy atom. The van der Waals surface area contributed by atoms with Gasteiger partial charge < -0.3 is 5.32 Å². The lowest BCUT2D eigenvalue weighted by Gasteiger charge is -2.19. The minimum atomic E-state index is -0.124. The molecule has 1 heterocycles. The average Bonchev–Trinajstić information content (AvgIpc) is 2.54. The number of hydrogen-bond donors (Lipinski definition) is 1. The van der Waals surface area contributed by atoms with Gasteiger partial charge in [0.05, 0.1) is 11.2 Å². The summed E-state index contributed by atoms with van der Waals surface area (Å²) in [5.74, 6) is -0.124. The Morgan fingerprint density at radius 2 is 1.65 bits per heavy atom. The largest absolute Gasteiger partial charge is 0.320 e. The van der Waals surface area contributed by atoms with E-state index in [1.54, 1.807) is 12.1 Å². The number of benzene rings is 2. The van der Waals surface area contributed by atoms with Crippen molar-refractivity contribution >= 4 is 22.5 Å². The highest BCUT2D eigenvalue weighted by atomic mass is 16.1. The fourth-order valence-electron chi connectivity index (χ4n) is 2.45. The van der Waals surface area contributed by atoms with Crippen molar-refractivity contribution in [3.8, 4) is 0 Å². The van der Waals surface area contributed by atoms with Gasteiger partial charge in [-0.15, -0.1) is 0 Å². The van der Waals surface area contributed by atoms with Crippen LogP contribution in [0.5, 0.6) is 0 Å². The number of pyridine rings is 1. The lowest BCUT2D eigenvalue weighted by molar-refractivity contribution is 0.102. The molecule has 23 heavy (non-hydrogen) atoms. The first-order valence-corrected chi connectivity index (χ1v) is 7.72. The van der Waals surface area contributed by atoms with E-state index in [0.717, 1.165) is 22.3 Å². The number of fused-ring (bicyclic) bond motifs is 1. The summed E-state index contributed by atoms with van der Waals surface area (Å²) in [7, 11) is 0. The van der Waals surface area contributed by atoms with Crippen LogP contribution in [0.4, 0.5) is 5.69 Å². The number of aromatic nitrogens is 1. The highest BCUT2D eigenvalue weighted by molar-refractivity contribution is 6.08. The lowest BCUT2D eigenvalue weighted by Crippen LogP contribution is -2.15. The quantitative estimate of drug-likeness (QED) is 0.740. The summed E-state index contributed by atoms with van der Waals surface area (Å²) >= 11 is 0. The molecule has 0 unspecified atom stereocenters. The van der Waals surface area contributed by atoms with Gasteiger partial charge in [-0.25, -0.2) is 0 Å². The minimum absolute atomic E-state index is 0.0370. The van der Waals surface area contributed by atoms with Crippen LogP contribution in [0.1, 0.15) is 36.8 Å². The van der Waals surface area contributed by atoms with Gasteiger partial charge in [0.15, 0.2) is 0 Å². The van der Waals surface area contributed by atoms with Gasteiger partial charge in [0.25, 0.3) is 5.91 Å². The van der Waals surface area contributed by atoms with Crippen LogP contribution in [0, 0.1) is 0 Å². The summed E-state index contributed by atoms with van der Waals surface area (Å²) in [6.07, 6.45) is 0. The van der Waals surface area contributed by atoms with Crippen molar-refractivity contribution in [2.45, 2.75) is 26.2 Å². The molecule has 0 bridgehead atoms. The Balaban J connectivity index is 2.02. The molecule has 0 fully saturated rings. The van der Waals surface area contributed by atoms with E-state index in [2.05, 4.69) is 32.2 Å². The Labute approximate surface area is 136 Å². The molecule has 3 aromatic rings. The van der Waals surface area contributed by atoms with Crippen molar-refractivity contribution < 1.29 is 4.79 Å². The molecule has 116 valence electrons. The van der Waals surface area contributed by atoms with E-state index in [9.17, 15) is 4.79 Å². The summed E-state index contributed by atoms with van der Waals surface area (Å²) in [5.41, 5.74) is 3.17. The molecule has 0 radical (unpaired) electrons. The second kappa shape index (κ2) is 5.84. The standard InChI is InChI=1S/C20H20N2O/c1-20(2,3)17-13-12-14-10-7-11-16(18(14)22-17)21-19(23)15-8-5-4-6-9-15/h4-13H,1-3H3,(H,21,23). The van der Waals surface area contributed by atoms with Gasteiger partial charge in [-0.05, 0) is 24.3 Å². The van der Waals surface area contributed by atoms with Gasteiger partial charge in [-0.3, -0.25) is 9.78 Å². The zero-order valence-corrected chi connectivity index (χ0v) is 13.6. The van der Waals surface area contributed by atoms with E-state index >= 15 is 0 Å². The van der Waals surface area contributed by atoms with Gasteiger partial charge in [-0.2, -0.15) is 0 Å². The second-order valence-electron chi connectivity index (χ2n) is 6.64. The first-order valence-electron chi connectivity index (χ1n) is 7.72. The molecule has 1 N–H and O–H groups in total. The number of amides is 1. The molecule has 0 aliphatic rings. The highest BCUT2D eigenvalue weighted by Crippen LogP contribution is 2.27. The van der Waals surface area contributed by atoms with E-state index < -0.39 is 0 Å². The van der Waals surface area contributed by atoms with Gasteiger partial charge in [0, 0.05) is 22.1 Å². The van der Waals surface area contributed by atoms with Crippen LogP contribution < -0.4 is 5.32 Å². The second-order valence-corrected chi connectivity index (χ2v) is 6.64. The maximum Gasteiger partial charge on any atom is 0.255 e. The molecule has 3 nitrogen and oxygen atoms in total. The molecular formula is C20H20N2O. The number of carbonyl (C=O) groups is 1. The molecule has 0 aliphatic carbocycles. The molecule has 2 aromatic carbocycles. The van der Waals surface area contributed by atoms with E-state index in [0.29, 0.717) is 5.56 Å². The molecule has 3 heteroatoms. The fraction of sp³-hybridized carbons (Fsp3) is 0.200. The smallest absolute Gasteiger partial charge is 0.255 e. The molecule has 0 aliphatic heterocycles. The highest BCUT2D eigenvalue weighted by Gasteiger charge is 2.17. The van der Waals surface area contributed by atoms with Crippen LogP contribution in [0.15, 0.2) is 60.7 Å². The summed E-state index contributed by atoms with van der Waals surface area (Å²) in [6.45, 7) is 6.39. The number of anilines is 1. The fourth-order valence-corrected chi connectivity index (χ4v) is 2.45. The molecule has 1 amide bonds. The Kier molecular flexibility index (Phi) is 3.87. The zero-order chi connectivity index (χ0) is 16.4. The summed E-state index contributed by atoms with van der Waals surface area (Å²) in [5, 5.41) is 4.00. The summed E-state index contributed by atoms with van der Waals surface area (Å²) in [4.78, 5) is 17.2. The normalized spacial score (nSPS) is 11.4.